The van der Waals surface area contributed by atoms with Gasteiger partial charge in [0, 0.05) is 49.2 Å². The van der Waals surface area contributed by atoms with E-state index in [0.29, 0.717) is 17.9 Å². The highest BCUT2D eigenvalue weighted by Crippen LogP contribution is 2.27. The molecule has 2 heterocycles. The molecular formula is C19H19N5O2. The number of anilines is 1. The fourth-order valence-corrected chi connectivity index (χ4v) is 2.57. The largest absolute Gasteiger partial charge is 0.494 e. The lowest BCUT2D eigenvalue weighted by molar-refractivity contribution is -0.125. The van der Waals surface area contributed by atoms with Crippen LogP contribution in [0, 0.1) is 0 Å². The third-order valence-electron chi connectivity index (χ3n) is 3.94. The van der Waals surface area contributed by atoms with Crippen molar-refractivity contribution >= 4 is 28.8 Å². The summed E-state index contributed by atoms with van der Waals surface area (Å²) in [4.78, 5) is 26.2. The molecular weight excluding hydrogens is 330 g/mol. The fraction of sp³-hybridized carbons (Fsp3) is 0.158. The van der Waals surface area contributed by atoms with Gasteiger partial charge < -0.3 is 15.4 Å². The second-order valence-corrected chi connectivity index (χ2v) is 5.73. The van der Waals surface area contributed by atoms with Gasteiger partial charge in [0.2, 0.25) is 11.9 Å². The van der Waals surface area contributed by atoms with Crippen molar-refractivity contribution in [3.63, 3.8) is 0 Å². The van der Waals surface area contributed by atoms with Crippen LogP contribution in [0.1, 0.15) is 11.1 Å². The standard InChI is InChI=1S/C19H19N5O2/c1-24(17(25)8-5-13-10-22-19(20)23-11-13)12-14-6-7-16(26-2)18-15(14)4-3-9-21-18/h3-11H,12H2,1-2H3,(H2,20,22,23). The van der Waals surface area contributed by atoms with Crippen LogP contribution in [0.2, 0.25) is 0 Å². The number of rotatable bonds is 5. The van der Waals surface area contributed by atoms with Crippen LogP contribution in [0.3, 0.4) is 0 Å². The maximum Gasteiger partial charge on any atom is 0.246 e. The Labute approximate surface area is 151 Å². The zero-order valence-corrected chi connectivity index (χ0v) is 14.6. The summed E-state index contributed by atoms with van der Waals surface area (Å²) in [6.07, 6.45) is 8.00. The Balaban J connectivity index is 1.77. The van der Waals surface area contributed by atoms with Gasteiger partial charge in [-0.3, -0.25) is 9.78 Å². The maximum absolute atomic E-state index is 12.4. The van der Waals surface area contributed by atoms with Gasteiger partial charge in [-0.1, -0.05) is 12.1 Å². The molecule has 0 spiro atoms. The van der Waals surface area contributed by atoms with Crippen LogP contribution in [0.5, 0.6) is 5.75 Å². The lowest BCUT2D eigenvalue weighted by atomic mass is 10.1. The van der Waals surface area contributed by atoms with E-state index in [1.807, 2.05) is 24.3 Å². The van der Waals surface area contributed by atoms with Gasteiger partial charge in [-0.05, 0) is 23.8 Å². The molecule has 1 aromatic carbocycles. The third kappa shape index (κ3) is 3.77. The molecule has 0 aliphatic carbocycles. The monoisotopic (exact) mass is 349 g/mol. The molecule has 1 amide bonds. The lowest BCUT2D eigenvalue weighted by Crippen LogP contribution is -2.24. The first-order valence-electron chi connectivity index (χ1n) is 8.00. The predicted octanol–water partition coefficient (Wildman–Crippen LogP) is 2.29. The second kappa shape index (κ2) is 7.60. The average Bonchev–Trinajstić information content (AvgIpc) is 2.67. The van der Waals surface area contributed by atoms with Crippen LogP contribution >= 0.6 is 0 Å². The molecule has 0 aliphatic heterocycles. The summed E-state index contributed by atoms with van der Waals surface area (Å²) in [7, 11) is 3.36. The molecule has 0 bridgehead atoms. The molecule has 3 rings (SSSR count). The number of hydrogen-bond donors (Lipinski definition) is 1. The number of methoxy groups -OCH3 is 1. The Morgan fingerprint density at radius 2 is 2.00 bits per heavy atom. The lowest BCUT2D eigenvalue weighted by Gasteiger charge is -2.17. The topological polar surface area (TPSA) is 94.2 Å². The van der Waals surface area contributed by atoms with Crippen LogP contribution in [0.15, 0.2) is 48.9 Å². The summed E-state index contributed by atoms with van der Waals surface area (Å²) in [6, 6.07) is 7.66. The smallest absolute Gasteiger partial charge is 0.246 e. The average molecular weight is 349 g/mol. The SMILES string of the molecule is COc1ccc(CN(C)C(=O)C=Cc2cnc(N)nc2)c2cccnc12. The molecule has 7 heteroatoms. The number of pyridine rings is 1. The molecule has 0 unspecified atom stereocenters. The maximum atomic E-state index is 12.4. The molecule has 7 nitrogen and oxygen atoms in total. The highest BCUT2D eigenvalue weighted by molar-refractivity contribution is 5.92. The number of carbonyl (C=O) groups is 1. The molecule has 2 N–H and O–H groups in total. The molecule has 132 valence electrons. The van der Waals surface area contributed by atoms with E-state index in [1.54, 1.807) is 43.7 Å². The Hall–Kier alpha value is -3.48. The molecule has 0 saturated heterocycles. The number of nitrogens with zero attached hydrogens (tertiary/aromatic N) is 4. The summed E-state index contributed by atoms with van der Waals surface area (Å²) < 4.78 is 5.36. The van der Waals surface area contributed by atoms with E-state index in [4.69, 9.17) is 10.5 Å². The van der Waals surface area contributed by atoms with Gasteiger partial charge in [-0.25, -0.2) is 9.97 Å². The molecule has 2 aromatic heterocycles. The number of amides is 1. The summed E-state index contributed by atoms with van der Waals surface area (Å²) in [5.41, 5.74) is 7.93. The van der Waals surface area contributed by atoms with Crippen LogP contribution in [-0.4, -0.2) is 39.9 Å². The summed E-state index contributed by atoms with van der Waals surface area (Å²) in [6.45, 7) is 0.452. The molecule has 0 fully saturated rings. The second-order valence-electron chi connectivity index (χ2n) is 5.73. The minimum absolute atomic E-state index is 0.130. The molecule has 0 saturated carbocycles. The van der Waals surface area contributed by atoms with Crippen molar-refractivity contribution in [3.8, 4) is 5.75 Å². The first kappa shape index (κ1) is 17.3. The number of nitrogen functional groups attached to an aromatic ring is 1. The van der Waals surface area contributed by atoms with Crippen LogP contribution in [0.25, 0.3) is 17.0 Å². The Morgan fingerprint density at radius 1 is 1.23 bits per heavy atom. The number of ether oxygens (including phenoxy) is 1. The van der Waals surface area contributed by atoms with Crippen LogP contribution < -0.4 is 10.5 Å². The number of nitrogens with two attached hydrogens (primary N) is 1. The summed E-state index contributed by atoms with van der Waals surface area (Å²) in [5, 5.41) is 0.961. The zero-order chi connectivity index (χ0) is 18.5. The fourth-order valence-electron chi connectivity index (χ4n) is 2.57. The number of benzene rings is 1. The van der Waals surface area contributed by atoms with Gasteiger partial charge in [0.25, 0.3) is 0 Å². The zero-order valence-electron chi connectivity index (χ0n) is 14.6. The minimum atomic E-state index is -0.130. The predicted molar refractivity (Wildman–Crippen MR) is 100 cm³/mol. The van der Waals surface area contributed by atoms with Crippen LogP contribution in [0.4, 0.5) is 5.95 Å². The van der Waals surface area contributed by atoms with E-state index in [1.165, 1.54) is 6.08 Å². The van der Waals surface area contributed by atoms with Gasteiger partial charge in [-0.2, -0.15) is 0 Å². The van der Waals surface area contributed by atoms with Gasteiger partial charge in [-0.15, -0.1) is 0 Å². The molecule has 0 atom stereocenters. The number of fused-ring (bicyclic) bond motifs is 1. The van der Waals surface area contributed by atoms with Crippen molar-refractivity contribution in [2.24, 2.45) is 0 Å². The minimum Gasteiger partial charge on any atom is -0.494 e. The Bertz CT molecular complexity index is 954. The first-order chi connectivity index (χ1) is 12.6. The normalized spacial score (nSPS) is 11.0. The van der Waals surface area contributed by atoms with Gasteiger partial charge in [0.05, 0.1) is 7.11 Å². The number of aromatic nitrogens is 3. The van der Waals surface area contributed by atoms with Crippen molar-refractivity contribution in [2.45, 2.75) is 6.54 Å². The first-order valence-corrected chi connectivity index (χ1v) is 8.00. The van der Waals surface area contributed by atoms with E-state index in [0.717, 1.165) is 16.5 Å². The van der Waals surface area contributed by atoms with Gasteiger partial charge in [0.1, 0.15) is 11.3 Å². The van der Waals surface area contributed by atoms with E-state index in [-0.39, 0.29) is 11.9 Å². The number of hydrogen-bond acceptors (Lipinski definition) is 6. The highest BCUT2D eigenvalue weighted by atomic mass is 16.5. The van der Waals surface area contributed by atoms with Crippen molar-refractivity contribution in [3.05, 3.63) is 60.1 Å². The van der Waals surface area contributed by atoms with Crippen molar-refractivity contribution in [2.75, 3.05) is 19.9 Å². The van der Waals surface area contributed by atoms with Crippen LogP contribution in [-0.2, 0) is 11.3 Å². The van der Waals surface area contributed by atoms with Crippen molar-refractivity contribution < 1.29 is 9.53 Å². The summed E-state index contributed by atoms with van der Waals surface area (Å²) in [5.74, 6) is 0.779. The Kier molecular flexibility index (Phi) is 5.07. The van der Waals surface area contributed by atoms with E-state index in [9.17, 15) is 4.79 Å². The van der Waals surface area contributed by atoms with Crippen molar-refractivity contribution in [1.82, 2.24) is 19.9 Å². The molecule has 3 aromatic rings. The van der Waals surface area contributed by atoms with E-state index in [2.05, 4.69) is 15.0 Å². The summed E-state index contributed by atoms with van der Waals surface area (Å²) >= 11 is 0. The number of carbonyl (C=O) groups excluding carboxylic acids is 1. The van der Waals surface area contributed by atoms with Crippen molar-refractivity contribution in [1.29, 1.82) is 0 Å². The number of likely N-dealkylation sites (N-methyl/N-ethyl adjacent to an activating group) is 1. The molecule has 26 heavy (non-hydrogen) atoms. The van der Waals surface area contributed by atoms with Gasteiger partial charge in [0.15, 0.2) is 0 Å². The Morgan fingerprint density at radius 3 is 2.73 bits per heavy atom. The highest BCUT2D eigenvalue weighted by Gasteiger charge is 2.11. The van der Waals surface area contributed by atoms with Gasteiger partial charge >= 0.3 is 0 Å². The quantitative estimate of drug-likeness (QED) is 0.710. The van der Waals surface area contributed by atoms with E-state index >= 15 is 0 Å². The molecule has 0 aliphatic rings. The molecule has 0 radical (unpaired) electrons. The van der Waals surface area contributed by atoms with E-state index < -0.39 is 0 Å². The third-order valence-corrected chi connectivity index (χ3v) is 3.94.